The zero-order valence-electron chi connectivity index (χ0n) is 24.1. The number of para-hydroxylation sites is 2. The maximum atomic E-state index is 13.7. The van der Waals surface area contributed by atoms with E-state index in [1.807, 2.05) is 12.1 Å². The summed E-state index contributed by atoms with van der Waals surface area (Å²) in [5.41, 5.74) is 2.73. The lowest BCUT2D eigenvalue weighted by molar-refractivity contribution is -0.114. The van der Waals surface area contributed by atoms with E-state index < -0.39 is 22.5 Å². The molecule has 0 aromatic heterocycles. The van der Waals surface area contributed by atoms with Gasteiger partial charge in [-0.2, -0.15) is 0 Å². The van der Waals surface area contributed by atoms with Crippen molar-refractivity contribution in [3.8, 4) is 5.75 Å². The maximum Gasteiger partial charge on any atom is 0.264 e. The molecule has 4 aromatic carbocycles. The maximum absolute atomic E-state index is 13.7. The number of amides is 2. The van der Waals surface area contributed by atoms with Crippen molar-refractivity contribution in [1.82, 2.24) is 0 Å². The summed E-state index contributed by atoms with van der Waals surface area (Å²) in [7, 11) is -4.11. The molecule has 0 saturated carbocycles. The molecule has 2 amide bonds. The van der Waals surface area contributed by atoms with E-state index in [4.69, 9.17) is 4.74 Å². The third kappa shape index (κ3) is 7.36. The van der Waals surface area contributed by atoms with E-state index in [0.29, 0.717) is 29.3 Å². The highest BCUT2D eigenvalue weighted by atomic mass is 32.2. The highest BCUT2D eigenvalue weighted by molar-refractivity contribution is 7.92. The zero-order chi connectivity index (χ0) is 30.3. The summed E-state index contributed by atoms with van der Waals surface area (Å²) >= 11 is 0. The topological polar surface area (TPSA) is 105 Å². The van der Waals surface area contributed by atoms with Gasteiger partial charge in [-0.15, -0.1) is 0 Å². The number of hydrogen-bond donors (Lipinski definition) is 2. The fourth-order valence-electron chi connectivity index (χ4n) is 4.29. The van der Waals surface area contributed by atoms with Gasteiger partial charge < -0.3 is 15.4 Å². The van der Waals surface area contributed by atoms with Crippen LogP contribution in [0.4, 0.5) is 17.1 Å². The van der Waals surface area contributed by atoms with Gasteiger partial charge in [-0.05, 0) is 72.5 Å². The van der Waals surface area contributed by atoms with Gasteiger partial charge >= 0.3 is 0 Å². The normalized spacial score (nSPS) is 11.4. The number of benzene rings is 4. The average Bonchev–Trinajstić information content (AvgIpc) is 2.97. The average molecular weight is 586 g/mol. The van der Waals surface area contributed by atoms with E-state index in [0.717, 1.165) is 9.87 Å². The molecule has 2 N–H and O–H groups in total. The third-order valence-corrected chi connectivity index (χ3v) is 8.24. The first-order chi connectivity index (χ1) is 20.0. The molecule has 9 heteroatoms. The number of rotatable bonds is 10. The van der Waals surface area contributed by atoms with Gasteiger partial charge in [-0.3, -0.25) is 13.9 Å². The van der Waals surface area contributed by atoms with Crippen molar-refractivity contribution in [2.24, 2.45) is 0 Å². The fraction of sp³-hybridized carbons (Fsp3) is 0.212. The molecule has 0 aliphatic carbocycles. The number of sulfonamides is 1. The summed E-state index contributed by atoms with van der Waals surface area (Å²) in [5.74, 6) is -0.513. The quantitative estimate of drug-likeness (QED) is 0.222. The van der Waals surface area contributed by atoms with Crippen molar-refractivity contribution < 1.29 is 22.7 Å². The SMILES string of the molecule is CCOc1ccccc1N(CC(=O)Nc1cccc(NC(=O)c2ccc(C(C)(C)C)cc2)c1)S(=O)(=O)c1ccccc1. The smallest absolute Gasteiger partial charge is 0.264 e. The van der Waals surface area contributed by atoms with Gasteiger partial charge in [-0.1, -0.05) is 69.3 Å². The van der Waals surface area contributed by atoms with Gasteiger partial charge in [0.25, 0.3) is 15.9 Å². The Morgan fingerprint density at radius 2 is 1.40 bits per heavy atom. The molecule has 0 unspecified atom stereocenters. The Bertz CT molecular complexity index is 1650. The first kappa shape index (κ1) is 30.3. The molecule has 0 fully saturated rings. The van der Waals surface area contributed by atoms with Gasteiger partial charge in [-0.25, -0.2) is 8.42 Å². The Morgan fingerprint density at radius 3 is 2.05 bits per heavy atom. The van der Waals surface area contributed by atoms with E-state index in [-0.39, 0.29) is 21.9 Å². The highest BCUT2D eigenvalue weighted by Gasteiger charge is 2.29. The molecule has 0 radical (unpaired) electrons. The van der Waals surface area contributed by atoms with Crippen LogP contribution in [0.2, 0.25) is 0 Å². The van der Waals surface area contributed by atoms with Gasteiger partial charge in [0, 0.05) is 16.9 Å². The third-order valence-electron chi connectivity index (χ3n) is 6.47. The van der Waals surface area contributed by atoms with Crippen molar-refractivity contribution in [2.75, 3.05) is 28.1 Å². The van der Waals surface area contributed by atoms with Crippen LogP contribution in [0.3, 0.4) is 0 Å². The molecule has 0 spiro atoms. The molecule has 218 valence electrons. The second kappa shape index (κ2) is 12.9. The van der Waals surface area contributed by atoms with Crippen LogP contribution in [0.25, 0.3) is 0 Å². The summed E-state index contributed by atoms with van der Waals surface area (Å²) in [6, 6.07) is 28.7. The van der Waals surface area contributed by atoms with Crippen molar-refractivity contribution in [2.45, 2.75) is 38.0 Å². The molecule has 8 nitrogen and oxygen atoms in total. The monoisotopic (exact) mass is 585 g/mol. The summed E-state index contributed by atoms with van der Waals surface area (Å²) in [6.07, 6.45) is 0. The van der Waals surface area contributed by atoms with Gasteiger partial charge in [0.2, 0.25) is 5.91 Å². The molecule has 0 saturated heterocycles. The van der Waals surface area contributed by atoms with Crippen molar-refractivity contribution >= 4 is 38.9 Å². The summed E-state index contributed by atoms with van der Waals surface area (Å²) in [5, 5.41) is 5.61. The summed E-state index contributed by atoms with van der Waals surface area (Å²) in [4.78, 5) is 26.2. The molecule has 0 heterocycles. The van der Waals surface area contributed by atoms with Gasteiger partial charge in [0.05, 0.1) is 17.2 Å². The number of carbonyl (C=O) groups is 2. The van der Waals surface area contributed by atoms with Crippen LogP contribution in [-0.4, -0.2) is 33.4 Å². The van der Waals surface area contributed by atoms with Crippen molar-refractivity contribution in [1.29, 1.82) is 0 Å². The molecule has 4 aromatic rings. The van der Waals surface area contributed by atoms with Gasteiger partial charge in [0.1, 0.15) is 12.3 Å². The van der Waals surface area contributed by atoms with Crippen molar-refractivity contribution in [3.05, 3.63) is 114 Å². The number of anilines is 3. The predicted octanol–water partition coefficient (Wildman–Crippen LogP) is 6.47. The van der Waals surface area contributed by atoms with Crippen LogP contribution in [0.15, 0.2) is 108 Å². The Balaban J connectivity index is 1.53. The molecular formula is C33H35N3O5S. The summed E-state index contributed by atoms with van der Waals surface area (Å²) < 4.78 is 34.1. The molecule has 0 bridgehead atoms. The van der Waals surface area contributed by atoms with E-state index in [9.17, 15) is 18.0 Å². The molecule has 0 aliphatic rings. The Hall–Kier alpha value is -4.63. The molecule has 4 rings (SSSR count). The van der Waals surface area contributed by atoms with Crippen LogP contribution in [0.1, 0.15) is 43.6 Å². The number of ether oxygens (including phenoxy) is 1. The number of nitrogens with one attached hydrogen (secondary N) is 2. The van der Waals surface area contributed by atoms with Gasteiger partial charge in [0.15, 0.2) is 0 Å². The molecular weight excluding hydrogens is 550 g/mol. The van der Waals surface area contributed by atoms with Crippen LogP contribution in [0.5, 0.6) is 5.75 Å². The Kier molecular flexibility index (Phi) is 9.32. The minimum atomic E-state index is -4.11. The van der Waals surface area contributed by atoms with Crippen LogP contribution in [0, 0.1) is 0 Å². The minimum Gasteiger partial charge on any atom is -0.492 e. The van der Waals surface area contributed by atoms with E-state index in [1.54, 1.807) is 85.8 Å². The first-order valence-corrected chi connectivity index (χ1v) is 15.0. The Labute approximate surface area is 247 Å². The van der Waals surface area contributed by atoms with Crippen LogP contribution < -0.4 is 19.7 Å². The molecule has 0 atom stereocenters. The van der Waals surface area contributed by atoms with E-state index in [1.165, 1.54) is 12.1 Å². The fourth-order valence-corrected chi connectivity index (χ4v) is 5.74. The number of nitrogens with zero attached hydrogens (tertiary/aromatic N) is 1. The Morgan fingerprint density at radius 1 is 0.786 bits per heavy atom. The highest BCUT2D eigenvalue weighted by Crippen LogP contribution is 2.32. The standard InChI is InChI=1S/C33H35N3O5S/c1-5-41-30-17-10-9-16-29(30)36(42(39,40)28-14-7-6-8-15-28)23-31(37)34-26-12-11-13-27(22-26)35-32(38)24-18-20-25(21-19-24)33(2,3)4/h6-22H,5,23H2,1-4H3,(H,34,37)(H,35,38). The van der Waals surface area contributed by atoms with Crippen LogP contribution >= 0.6 is 0 Å². The molecule has 42 heavy (non-hydrogen) atoms. The minimum absolute atomic E-state index is 0.0251. The lowest BCUT2D eigenvalue weighted by Gasteiger charge is -2.26. The lowest BCUT2D eigenvalue weighted by Crippen LogP contribution is -2.38. The van der Waals surface area contributed by atoms with E-state index >= 15 is 0 Å². The lowest BCUT2D eigenvalue weighted by atomic mass is 9.87. The molecule has 0 aliphatic heterocycles. The summed E-state index contributed by atoms with van der Waals surface area (Å²) in [6.45, 7) is 7.94. The first-order valence-electron chi connectivity index (χ1n) is 13.6. The second-order valence-electron chi connectivity index (χ2n) is 10.6. The van der Waals surface area contributed by atoms with Crippen LogP contribution in [-0.2, 0) is 20.2 Å². The number of hydrogen-bond acceptors (Lipinski definition) is 5. The van der Waals surface area contributed by atoms with Crippen molar-refractivity contribution in [3.63, 3.8) is 0 Å². The number of carbonyl (C=O) groups excluding carboxylic acids is 2. The predicted molar refractivity (Wildman–Crippen MR) is 167 cm³/mol. The largest absolute Gasteiger partial charge is 0.492 e. The van der Waals surface area contributed by atoms with E-state index in [2.05, 4.69) is 31.4 Å². The zero-order valence-corrected chi connectivity index (χ0v) is 24.9. The second-order valence-corrected chi connectivity index (χ2v) is 12.5.